The largest absolute Gasteiger partial charge is 0.353 e. The Hall–Kier alpha value is -0.780. The minimum atomic E-state index is -0.151. The zero-order valence-corrected chi connectivity index (χ0v) is 7.04. The van der Waals surface area contributed by atoms with Crippen LogP contribution in [0.5, 0.6) is 0 Å². The first kappa shape index (κ1) is 13.8. The van der Waals surface area contributed by atoms with Crippen molar-refractivity contribution in [3.05, 3.63) is 12.2 Å². The van der Waals surface area contributed by atoms with Crippen LogP contribution < -0.4 is 0 Å². The predicted molar refractivity (Wildman–Crippen MR) is 51.7 cm³/mol. The van der Waals surface area contributed by atoms with Crippen molar-refractivity contribution < 1.29 is 9.47 Å². The van der Waals surface area contributed by atoms with Crippen molar-refractivity contribution in [2.75, 3.05) is 13.2 Å². The Morgan fingerprint density at radius 1 is 1.50 bits per heavy atom. The van der Waals surface area contributed by atoms with Crippen LogP contribution in [0.25, 0.3) is 0 Å². The molecule has 0 radical (unpaired) electrons. The lowest BCUT2D eigenvalue weighted by atomic mass is 10.5. The van der Waals surface area contributed by atoms with Crippen LogP contribution in [0.4, 0.5) is 0 Å². The van der Waals surface area contributed by atoms with Crippen molar-refractivity contribution in [1.29, 1.82) is 0 Å². The number of hydrogen-bond acceptors (Lipinski definition) is 2. The van der Waals surface area contributed by atoms with Gasteiger partial charge in [0.2, 0.25) is 0 Å². The standard InChI is InChI=1S/C9H14O2.CH4/c1-4-6-7-8-11-9(3)10-5-2;/h1,6-7,9H,5,8H2,2-3H3;1H4/b7-6+;. The van der Waals surface area contributed by atoms with Gasteiger partial charge >= 0.3 is 0 Å². The summed E-state index contributed by atoms with van der Waals surface area (Å²) in [6.45, 7) is 4.95. The molecule has 0 bridgehead atoms. The average Bonchev–Trinajstić information content (AvgIpc) is 1.99. The first-order valence-electron chi connectivity index (χ1n) is 3.65. The van der Waals surface area contributed by atoms with Crippen molar-refractivity contribution in [2.24, 2.45) is 0 Å². The molecule has 0 saturated heterocycles. The second-order valence-corrected chi connectivity index (χ2v) is 1.93. The van der Waals surface area contributed by atoms with Crippen molar-refractivity contribution in [1.82, 2.24) is 0 Å². The molecule has 0 aliphatic carbocycles. The van der Waals surface area contributed by atoms with E-state index >= 15 is 0 Å². The molecule has 12 heavy (non-hydrogen) atoms. The third-order valence-corrected chi connectivity index (χ3v) is 1.04. The highest BCUT2D eigenvalue weighted by atomic mass is 16.7. The van der Waals surface area contributed by atoms with E-state index in [1.54, 1.807) is 12.2 Å². The minimum Gasteiger partial charge on any atom is -0.353 e. The molecule has 0 aromatic rings. The summed E-state index contributed by atoms with van der Waals surface area (Å²) < 4.78 is 10.3. The maximum atomic E-state index is 5.18. The molecule has 1 unspecified atom stereocenters. The molecule has 1 atom stereocenters. The quantitative estimate of drug-likeness (QED) is 0.465. The van der Waals surface area contributed by atoms with Gasteiger partial charge in [-0.3, -0.25) is 0 Å². The van der Waals surface area contributed by atoms with Gasteiger partial charge < -0.3 is 9.47 Å². The highest BCUT2D eigenvalue weighted by Gasteiger charge is 1.96. The van der Waals surface area contributed by atoms with Crippen LogP contribution in [0.1, 0.15) is 21.3 Å². The number of allylic oxidation sites excluding steroid dienone is 1. The summed E-state index contributed by atoms with van der Waals surface area (Å²) in [6.07, 6.45) is 8.21. The molecule has 0 N–H and O–H groups in total. The molecule has 0 amide bonds. The predicted octanol–water partition coefficient (Wildman–Crippen LogP) is 2.21. The highest BCUT2D eigenvalue weighted by molar-refractivity contribution is 5.08. The fourth-order valence-electron chi connectivity index (χ4n) is 0.590. The first-order valence-corrected chi connectivity index (χ1v) is 3.65. The van der Waals surface area contributed by atoms with Crippen LogP contribution >= 0.6 is 0 Å². The van der Waals surface area contributed by atoms with Gasteiger partial charge in [0, 0.05) is 6.61 Å². The number of hydrogen-bond donors (Lipinski definition) is 0. The molecule has 2 nitrogen and oxygen atoms in total. The van der Waals surface area contributed by atoms with Crippen LogP contribution in [0.15, 0.2) is 12.2 Å². The summed E-state index contributed by atoms with van der Waals surface area (Å²) in [5.74, 6) is 2.37. The molecule has 0 heterocycles. The lowest BCUT2D eigenvalue weighted by molar-refractivity contribution is -0.118. The van der Waals surface area contributed by atoms with E-state index < -0.39 is 0 Å². The number of rotatable bonds is 5. The highest BCUT2D eigenvalue weighted by Crippen LogP contribution is 1.92. The van der Waals surface area contributed by atoms with Crippen molar-refractivity contribution in [3.63, 3.8) is 0 Å². The van der Waals surface area contributed by atoms with Gasteiger partial charge in [0.15, 0.2) is 6.29 Å². The molecule has 0 aromatic heterocycles. The number of ether oxygens (including phenoxy) is 2. The van der Waals surface area contributed by atoms with Gasteiger partial charge in [0.05, 0.1) is 6.61 Å². The number of terminal acetylenes is 1. The molecule has 0 spiro atoms. The molecular weight excluding hydrogens is 152 g/mol. The maximum absolute atomic E-state index is 5.18. The molecule has 0 aliphatic heterocycles. The third-order valence-electron chi connectivity index (χ3n) is 1.04. The lowest BCUT2D eigenvalue weighted by Gasteiger charge is -2.10. The maximum Gasteiger partial charge on any atom is 0.155 e. The monoisotopic (exact) mass is 170 g/mol. The Kier molecular flexibility index (Phi) is 11.7. The summed E-state index contributed by atoms with van der Waals surface area (Å²) in [7, 11) is 0. The Morgan fingerprint density at radius 3 is 2.67 bits per heavy atom. The molecule has 70 valence electrons. The van der Waals surface area contributed by atoms with Gasteiger partial charge in [-0.05, 0) is 19.9 Å². The van der Waals surface area contributed by atoms with Crippen LogP contribution in [0, 0.1) is 12.3 Å². The molecule has 0 fully saturated rings. The zero-order chi connectivity index (χ0) is 8.53. The lowest BCUT2D eigenvalue weighted by Crippen LogP contribution is -2.12. The molecular formula is C10H18O2. The smallest absolute Gasteiger partial charge is 0.155 e. The second kappa shape index (κ2) is 10.2. The van der Waals surface area contributed by atoms with E-state index in [1.165, 1.54) is 0 Å². The van der Waals surface area contributed by atoms with Crippen LogP contribution in [0.3, 0.4) is 0 Å². The third kappa shape index (κ3) is 9.22. The molecule has 0 rings (SSSR count). The van der Waals surface area contributed by atoms with Gasteiger partial charge in [-0.15, -0.1) is 6.42 Å². The average molecular weight is 170 g/mol. The van der Waals surface area contributed by atoms with E-state index in [0.29, 0.717) is 13.2 Å². The zero-order valence-electron chi connectivity index (χ0n) is 7.04. The summed E-state index contributed by atoms with van der Waals surface area (Å²) in [5.41, 5.74) is 0. The van der Waals surface area contributed by atoms with E-state index in [1.807, 2.05) is 13.8 Å². The van der Waals surface area contributed by atoms with Crippen LogP contribution in [-0.2, 0) is 9.47 Å². The van der Waals surface area contributed by atoms with Crippen molar-refractivity contribution >= 4 is 0 Å². The van der Waals surface area contributed by atoms with Crippen LogP contribution in [-0.4, -0.2) is 19.5 Å². The van der Waals surface area contributed by atoms with Crippen molar-refractivity contribution in [2.45, 2.75) is 27.6 Å². The van der Waals surface area contributed by atoms with E-state index in [2.05, 4.69) is 5.92 Å². The molecule has 0 saturated carbocycles. The Labute approximate surface area is 75.6 Å². The van der Waals surface area contributed by atoms with E-state index in [0.717, 1.165) is 0 Å². The van der Waals surface area contributed by atoms with Gasteiger partial charge in [-0.25, -0.2) is 0 Å². The summed E-state index contributed by atoms with van der Waals surface area (Å²) in [5, 5.41) is 0. The normalized spacial score (nSPS) is 12.1. The van der Waals surface area contributed by atoms with E-state index in [4.69, 9.17) is 15.9 Å². The van der Waals surface area contributed by atoms with Crippen molar-refractivity contribution in [3.8, 4) is 12.3 Å². The van der Waals surface area contributed by atoms with E-state index in [-0.39, 0.29) is 13.7 Å². The SMILES string of the molecule is C.C#C/C=C/COC(C)OCC. The van der Waals surface area contributed by atoms with E-state index in [9.17, 15) is 0 Å². The van der Waals surface area contributed by atoms with Gasteiger partial charge in [0.25, 0.3) is 0 Å². The molecule has 0 aromatic carbocycles. The van der Waals surface area contributed by atoms with Gasteiger partial charge in [0.1, 0.15) is 0 Å². The molecule has 0 aliphatic rings. The van der Waals surface area contributed by atoms with Gasteiger partial charge in [-0.1, -0.05) is 19.4 Å². The summed E-state index contributed by atoms with van der Waals surface area (Å²) in [4.78, 5) is 0. The Balaban J connectivity index is 0. The van der Waals surface area contributed by atoms with Crippen LogP contribution in [0.2, 0.25) is 0 Å². The summed E-state index contributed by atoms with van der Waals surface area (Å²) >= 11 is 0. The fraction of sp³-hybridized carbons (Fsp3) is 0.600. The Bertz CT molecular complexity index is 144. The second-order valence-electron chi connectivity index (χ2n) is 1.93. The fourth-order valence-corrected chi connectivity index (χ4v) is 0.590. The van der Waals surface area contributed by atoms with Gasteiger partial charge in [-0.2, -0.15) is 0 Å². The minimum absolute atomic E-state index is 0. The summed E-state index contributed by atoms with van der Waals surface area (Å²) in [6, 6.07) is 0. The first-order chi connectivity index (χ1) is 5.31. The topological polar surface area (TPSA) is 18.5 Å². The molecule has 2 heteroatoms. The Morgan fingerprint density at radius 2 is 2.17 bits per heavy atom.